The molecule has 0 aliphatic heterocycles. The second kappa shape index (κ2) is 6.61. The third-order valence-electron chi connectivity index (χ3n) is 3.11. The molecule has 3 N–H and O–H groups in total. The summed E-state index contributed by atoms with van der Waals surface area (Å²) in [4.78, 5) is 23.6. The number of rotatable bonds is 5. The molecule has 3 aromatic rings. The first-order valence-corrected chi connectivity index (χ1v) is 6.94. The van der Waals surface area contributed by atoms with Gasteiger partial charge in [-0.05, 0) is 30.3 Å². The summed E-state index contributed by atoms with van der Waals surface area (Å²) in [6.45, 7) is -0.145. The fraction of sp³-hybridized carbons (Fsp3) is 0.0625. The van der Waals surface area contributed by atoms with Gasteiger partial charge in [-0.2, -0.15) is 5.10 Å². The highest BCUT2D eigenvalue weighted by atomic mass is 16.3. The van der Waals surface area contributed by atoms with Crippen LogP contribution in [0, 0.1) is 0 Å². The number of benzene rings is 1. The first-order chi connectivity index (χ1) is 11.2. The van der Waals surface area contributed by atoms with Crippen molar-refractivity contribution in [3.63, 3.8) is 0 Å². The smallest absolute Gasteiger partial charge is 0.287 e. The van der Waals surface area contributed by atoms with E-state index in [2.05, 4.69) is 20.8 Å². The fourth-order valence-corrected chi connectivity index (χ4v) is 2.04. The maximum Gasteiger partial charge on any atom is 0.287 e. The zero-order chi connectivity index (χ0) is 16.1. The molecule has 0 fully saturated rings. The Bertz CT molecular complexity index is 795. The second-order valence-electron chi connectivity index (χ2n) is 4.76. The normalized spacial score (nSPS) is 10.3. The molecule has 0 saturated heterocycles. The fourth-order valence-electron chi connectivity index (χ4n) is 2.04. The Kier molecular flexibility index (Phi) is 4.19. The number of anilines is 1. The number of furan rings is 1. The Balaban J connectivity index is 1.58. The number of nitrogens with zero attached hydrogens (tertiary/aromatic N) is 1. The van der Waals surface area contributed by atoms with Gasteiger partial charge in [0.2, 0.25) is 5.91 Å². The molecule has 7 nitrogen and oxygen atoms in total. The van der Waals surface area contributed by atoms with Gasteiger partial charge in [-0.15, -0.1) is 0 Å². The number of aromatic nitrogens is 2. The lowest BCUT2D eigenvalue weighted by molar-refractivity contribution is -0.115. The van der Waals surface area contributed by atoms with Crippen molar-refractivity contribution in [1.29, 1.82) is 0 Å². The molecule has 23 heavy (non-hydrogen) atoms. The Hall–Kier alpha value is -3.35. The molecule has 2 heterocycles. The van der Waals surface area contributed by atoms with E-state index < -0.39 is 5.91 Å². The molecule has 0 spiro atoms. The molecular formula is C16H14N4O3. The van der Waals surface area contributed by atoms with Crippen LogP contribution in [0.1, 0.15) is 10.6 Å². The van der Waals surface area contributed by atoms with Gasteiger partial charge in [0.05, 0.1) is 18.5 Å². The summed E-state index contributed by atoms with van der Waals surface area (Å²) in [6, 6.07) is 12.3. The molecule has 0 radical (unpaired) electrons. The number of nitrogens with one attached hydrogen (secondary N) is 3. The minimum atomic E-state index is -0.434. The summed E-state index contributed by atoms with van der Waals surface area (Å²) in [6.07, 6.45) is 3.06. The van der Waals surface area contributed by atoms with Crippen molar-refractivity contribution in [2.75, 3.05) is 11.9 Å². The van der Waals surface area contributed by atoms with Gasteiger partial charge >= 0.3 is 0 Å². The van der Waals surface area contributed by atoms with Gasteiger partial charge in [0.1, 0.15) is 0 Å². The largest absolute Gasteiger partial charge is 0.459 e. The van der Waals surface area contributed by atoms with E-state index in [1.807, 2.05) is 24.3 Å². The van der Waals surface area contributed by atoms with Crippen molar-refractivity contribution >= 4 is 17.5 Å². The van der Waals surface area contributed by atoms with Crippen LogP contribution in [0.15, 0.2) is 59.3 Å². The summed E-state index contributed by atoms with van der Waals surface area (Å²) >= 11 is 0. The number of amides is 2. The van der Waals surface area contributed by atoms with Crippen LogP contribution in [0.2, 0.25) is 0 Å². The molecule has 116 valence electrons. The highest BCUT2D eigenvalue weighted by molar-refractivity contribution is 5.98. The number of aromatic amines is 1. The van der Waals surface area contributed by atoms with Crippen LogP contribution in [0.25, 0.3) is 11.3 Å². The second-order valence-corrected chi connectivity index (χ2v) is 4.76. The molecule has 0 aliphatic carbocycles. The number of H-pyrrole nitrogens is 1. The zero-order valence-corrected chi connectivity index (χ0v) is 12.1. The number of hydrogen-bond donors (Lipinski definition) is 3. The van der Waals surface area contributed by atoms with Gasteiger partial charge in [0, 0.05) is 17.4 Å². The molecule has 7 heteroatoms. The predicted octanol–water partition coefficient (Wildman–Crippen LogP) is 2.04. The van der Waals surface area contributed by atoms with Crippen LogP contribution >= 0.6 is 0 Å². The minimum Gasteiger partial charge on any atom is -0.459 e. The van der Waals surface area contributed by atoms with Crippen LogP contribution in [0.4, 0.5) is 5.69 Å². The van der Waals surface area contributed by atoms with Gasteiger partial charge in [-0.3, -0.25) is 14.7 Å². The summed E-state index contributed by atoms with van der Waals surface area (Å²) in [5, 5.41) is 12.0. The van der Waals surface area contributed by atoms with Gasteiger partial charge in [0.25, 0.3) is 5.91 Å². The third kappa shape index (κ3) is 3.65. The van der Waals surface area contributed by atoms with Crippen LogP contribution < -0.4 is 10.6 Å². The van der Waals surface area contributed by atoms with Crippen LogP contribution in [-0.2, 0) is 4.79 Å². The molecule has 1 aromatic carbocycles. The molecule has 0 unspecified atom stereocenters. The van der Waals surface area contributed by atoms with Crippen LogP contribution in [0.3, 0.4) is 0 Å². The first kappa shape index (κ1) is 14.6. The lowest BCUT2D eigenvalue weighted by atomic mass is 10.1. The quantitative estimate of drug-likeness (QED) is 0.671. The van der Waals surface area contributed by atoms with Gasteiger partial charge in [-0.1, -0.05) is 12.1 Å². The van der Waals surface area contributed by atoms with Gasteiger partial charge < -0.3 is 15.1 Å². The highest BCUT2D eigenvalue weighted by Gasteiger charge is 2.10. The topological polar surface area (TPSA) is 100 Å². The summed E-state index contributed by atoms with van der Waals surface area (Å²) < 4.78 is 4.95. The van der Waals surface area contributed by atoms with E-state index >= 15 is 0 Å². The predicted molar refractivity (Wildman–Crippen MR) is 83.7 cm³/mol. The molecule has 0 saturated carbocycles. The SMILES string of the molecule is O=C(CNC(=O)c1ccco1)Nc1cccc(-c2ccn[nH]2)c1. The number of hydrogen-bond acceptors (Lipinski definition) is 4. The monoisotopic (exact) mass is 310 g/mol. The van der Waals surface area contributed by atoms with E-state index in [4.69, 9.17) is 4.42 Å². The van der Waals surface area contributed by atoms with Crippen molar-refractivity contribution in [3.05, 3.63) is 60.7 Å². The molecule has 0 atom stereocenters. The maximum absolute atomic E-state index is 11.9. The Morgan fingerprint density at radius 2 is 2.09 bits per heavy atom. The maximum atomic E-state index is 11.9. The zero-order valence-electron chi connectivity index (χ0n) is 12.1. The van der Waals surface area contributed by atoms with E-state index in [0.29, 0.717) is 5.69 Å². The van der Waals surface area contributed by atoms with Crippen molar-refractivity contribution in [1.82, 2.24) is 15.5 Å². The van der Waals surface area contributed by atoms with Crippen LogP contribution in [-0.4, -0.2) is 28.6 Å². The van der Waals surface area contributed by atoms with E-state index in [1.165, 1.54) is 12.3 Å². The standard InChI is InChI=1S/C16H14N4O3/c21-15(10-17-16(22)14-5-2-8-23-14)19-12-4-1-3-11(9-12)13-6-7-18-20-13/h1-9H,10H2,(H,17,22)(H,18,20)(H,19,21). The van der Waals surface area contributed by atoms with Gasteiger partial charge in [0.15, 0.2) is 5.76 Å². The number of carbonyl (C=O) groups is 2. The molecular weight excluding hydrogens is 296 g/mol. The van der Waals surface area contributed by atoms with E-state index in [0.717, 1.165) is 11.3 Å². The van der Waals surface area contributed by atoms with E-state index in [-0.39, 0.29) is 18.2 Å². The molecule has 2 aromatic heterocycles. The van der Waals surface area contributed by atoms with E-state index in [1.54, 1.807) is 18.3 Å². The highest BCUT2D eigenvalue weighted by Crippen LogP contribution is 2.20. The average molecular weight is 310 g/mol. The molecule has 0 aliphatic rings. The summed E-state index contributed by atoms with van der Waals surface area (Å²) in [5.41, 5.74) is 2.39. The summed E-state index contributed by atoms with van der Waals surface area (Å²) in [7, 11) is 0. The Morgan fingerprint density at radius 1 is 1.17 bits per heavy atom. The Labute approximate surface area is 131 Å². The van der Waals surface area contributed by atoms with Gasteiger partial charge in [-0.25, -0.2) is 0 Å². The third-order valence-corrected chi connectivity index (χ3v) is 3.11. The first-order valence-electron chi connectivity index (χ1n) is 6.94. The van der Waals surface area contributed by atoms with Crippen molar-refractivity contribution in [3.8, 4) is 11.3 Å². The van der Waals surface area contributed by atoms with Crippen molar-refractivity contribution in [2.45, 2.75) is 0 Å². The molecule has 3 rings (SSSR count). The minimum absolute atomic E-state index is 0.145. The van der Waals surface area contributed by atoms with Crippen LogP contribution in [0.5, 0.6) is 0 Å². The molecule has 2 amide bonds. The average Bonchev–Trinajstić information content (AvgIpc) is 3.25. The lowest BCUT2D eigenvalue weighted by Gasteiger charge is -2.07. The lowest BCUT2D eigenvalue weighted by Crippen LogP contribution is -2.32. The molecule has 0 bridgehead atoms. The summed E-state index contributed by atoms with van der Waals surface area (Å²) in [5.74, 6) is -0.595. The van der Waals surface area contributed by atoms with Crippen molar-refractivity contribution < 1.29 is 14.0 Å². The van der Waals surface area contributed by atoms with E-state index in [9.17, 15) is 9.59 Å². The number of carbonyl (C=O) groups excluding carboxylic acids is 2. The van der Waals surface area contributed by atoms with Crippen molar-refractivity contribution in [2.24, 2.45) is 0 Å². The Morgan fingerprint density at radius 3 is 2.83 bits per heavy atom.